The highest BCUT2D eigenvalue weighted by molar-refractivity contribution is 7.12. The zero-order valence-corrected chi connectivity index (χ0v) is 11.4. The third kappa shape index (κ3) is 6.62. The van der Waals surface area contributed by atoms with Crippen LogP contribution in [-0.2, 0) is 6.54 Å². The molecule has 106 valence electrons. The molecule has 0 saturated heterocycles. The minimum absolute atomic E-state index is 0.0143. The van der Waals surface area contributed by atoms with Crippen molar-refractivity contribution in [3.05, 3.63) is 21.9 Å². The van der Waals surface area contributed by atoms with E-state index in [1.807, 2.05) is 0 Å². The first kappa shape index (κ1) is 16.0. The molecule has 0 spiro atoms. The summed E-state index contributed by atoms with van der Waals surface area (Å²) in [6, 6.07) is 3.60. The Morgan fingerprint density at radius 2 is 2.11 bits per heavy atom. The number of hydrogen-bond acceptors (Lipinski definition) is 3. The molecule has 1 rings (SSSR count). The normalized spacial score (nSPS) is 11.5. The summed E-state index contributed by atoms with van der Waals surface area (Å²) >= 11 is 1.39. The summed E-state index contributed by atoms with van der Waals surface area (Å²) in [5, 5.41) is 8.60. The highest BCUT2D eigenvalue weighted by Gasteiger charge is 2.30. The molecule has 0 aliphatic rings. The smallest absolute Gasteiger partial charge is 0.395 e. The molecule has 0 saturated carbocycles. The Morgan fingerprint density at radius 3 is 2.68 bits per heavy atom. The van der Waals surface area contributed by atoms with Crippen molar-refractivity contribution in [3.8, 4) is 11.8 Å². The average molecular weight is 291 g/mol. The van der Waals surface area contributed by atoms with Crippen LogP contribution in [-0.4, -0.2) is 35.9 Å². The van der Waals surface area contributed by atoms with Crippen molar-refractivity contribution in [1.29, 1.82) is 0 Å². The number of halogens is 3. The third-order valence-corrected chi connectivity index (χ3v) is 3.33. The molecule has 0 unspecified atom stereocenters. The second kappa shape index (κ2) is 7.53. The highest BCUT2D eigenvalue weighted by atomic mass is 32.1. The largest absolute Gasteiger partial charge is 0.401 e. The van der Waals surface area contributed by atoms with Crippen LogP contribution < -0.4 is 0 Å². The maximum absolute atomic E-state index is 12.3. The lowest BCUT2D eigenvalue weighted by Gasteiger charge is -2.20. The molecule has 1 aromatic heterocycles. The predicted octanol–water partition coefficient (Wildman–Crippen LogP) is 2.87. The second-order valence-corrected chi connectivity index (χ2v) is 5.13. The fraction of sp³-hybridized carbons (Fsp3) is 0.538. The molecule has 0 bridgehead atoms. The molecule has 6 heteroatoms. The predicted molar refractivity (Wildman–Crippen MR) is 69.9 cm³/mol. The van der Waals surface area contributed by atoms with E-state index in [-0.39, 0.29) is 13.2 Å². The Morgan fingerprint density at radius 1 is 1.37 bits per heavy atom. The van der Waals surface area contributed by atoms with Crippen molar-refractivity contribution in [2.45, 2.75) is 26.1 Å². The van der Waals surface area contributed by atoms with Gasteiger partial charge in [0.05, 0.1) is 18.0 Å². The highest BCUT2D eigenvalue weighted by Crippen LogP contribution is 2.21. The SMILES string of the molecule is CCN(Cc1ccc(C#CCCO)s1)CC(F)(F)F. The van der Waals surface area contributed by atoms with E-state index in [0.717, 1.165) is 9.75 Å². The van der Waals surface area contributed by atoms with E-state index in [1.165, 1.54) is 16.2 Å². The summed E-state index contributed by atoms with van der Waals surface area (Å²) in [6.45, 7) is 1.46. The molecule has 0 aromatic carbocycles. The average Bonchev–Trinajstić information content (AvgIpc) is 2.74. The van der Waals surface area contributed by atoms with Gasteiger partial charge in [0.25, 0.3) is 0 Å². The van der Waals surface area contributed by atoms with Crippen LogP contribution in [0, 0.1) is 11.8 Å². The Labute approximate surface area is 114 Å². The molecule has 1 N–H and O–H groups in total. The van der Waals surface area contributed by atoms with Crippen molar-refractivity contribution < 1.29 is 18.3 Å². The molecular weight excluding hydrogens is 275 g/mol. The zero-order chi connectivity index (χ0) is 14.3. The first-order valence-corrected chi connectivity index (χ1v) is 6.74. The Hall–Kier alpha value is -1.03. The van der Waals surface area contributed by atoms with E-state index in [1.54, 1.807) is 19.1 Å². The molecule has 0 fully saturated rings. The van der Waals surface area contributed by atoms with Gasteiger partial charge in [0, 0.05) is 17.8 Å². The van der Waals surface area contributed by atoms with Crippen LogP contribution >= 0.6 is 11.3 Å². The van der Waals surface area contributed by atoms with Gasteiger partial charge in [-0.2, -0.15) is 13.2 Å². The lowest BCUT2D eigenvalue weighted by molar-refractivity contribution is -0.146. The van der Waals surface area contributed by atoms with E-state index in [2.05, 4.69) is 11.8 Å². The van der Waals surface area contributed by atoms with Crippen molar-refractivity contribution in [3.63, 3.8) is 0 Å². The molecule has 2 nitrogen and oxygen atoms in total. The van der Waals surface area contributed by atoms with Gasteiger partial charge < -0.3 is 5.11 Å². The van der Waals surface area contributed by atoms with Crippen LogP contribution in [0.25, 0.3) is 0 Å². The van der Waals surface area contributed by atoms with Crippen molar-refractivity contribution in [2.75, 3.05) is 19.7 Å². The summed E-state index contributed by atoms with van der Waals surface area (Å²) < 4.78 is 37.0. The lowest BCUT2D eigenvalue weighted by atomic mass is 10.3. The number of hydrogen-bond donors (Lipinski definition) is 1. The van der Waals surface area contributed by atoms with Gasteiger partial charge in [-0.05, 0) is 18.7 Å². The summed E-state index contributed by atoms with van der Waals surface area (Å²) in [5.41, 5.74) is 0. The van der Waals surface area contributed by atoms with E-state index in [0.29, 0.717) is 13.0 Å². The van der Waals surface area contributed by atoms with Gasteiger partial charge in [-0.15, -0.1) is 11.3 Å². The standard InChI is InChI=1S/C13H16F3NOS/c1-2-17(10-13(14,15)16)9-12-7-6-11(19-12)5-3-4-8-18/h6-7,18H,2,4,8-10H2,1H3. The fourth-order valence-electron chi connectivity index (χ4n) is 1.49. The summed E-state index contributed by atoms with van der Waals surface area (Å²) in [7, 11) is 0. The van der Waals surface area contributed by atoms with Gasteiger partial charge in [-0.1, -0.05) is 18.8 Å². The van der Waals surface area contributed by atoms with Gasteiger partial charge in [0.1, 0.15) is 0 Å². The molecule has 0 atom stereocenters. The number of nitrogens with zero attached hydrogens (tertiary/aromatic N) is 1. The van der Waals surface area contributed by atoms with Crippen molar-refractivity contribution >= 4 is 11.3 Å². The zero-order valence-electron chi connectivity index (χ0n) is 10.6. The molecule has 1 heterocycles. The monoisotopic (exact) mass is 291 g/mol. The number of aliphatic hydroxyl groups excluding tert-OH is 1. The van der Waals surface area contributed by atoms with E-state index >= 15 is 0 Å². The number of rotatable bonds is 5. The molecule has 0 aliphatic carbocycles. The first-order valence-electron chi connectivity index (χ1n) is 5.92. The molecular formula is C13H16F3NOS. The number of alkyl halides is 3. The topological polar surface area (TPSA) is 23.5 Å². The van der Waals surface area contributed by atoms with Gasteiger partial charge in [0.15, 0.2) is 0 Å². The molecule has 1 aromatic rings. The number of aliphatic hydroxyl groups is 1. The fourth-order valence-corrected chi connectivity index (χ4v) is 2.41. The molecule has 0 aliphatic heterocycles. The Kier molecular flexibility index (Phi) is 6.35. The number of thiophene rings is 1. The van der Waals surface area contributed by atoms with E-state index in [4.69, 9.17) is 5.11 Å². The summed E-state index contributed by atoms with van der Waals surface area (Å²) in [5.74, 6) is 5.66. The molecule has 19 heavy (non-hydrogen) atoms. The van der Waals surface area contributed by atoms with Crippen LogP contribution in [0.5, 0.6) is 0 Å². The van der Waals surface area contributed by atoms with Crippen LogP contribution in [0.2, 0.25) is 0 Å². The first-order chi connectivity index (χ1) is 8.94. The van der Waals surface area contributed by atoms with Crippen molar-refractivity contribution in [2.24, 2.45) is 0 Å². The quantitative estimate of drug-likeness (QED) is 0.843. The Balaban J connectivity index is 2.59. The minimum atomic E-state index is -4.17. The van der Waals surface area contributed by atoms with Crippen LogP contribution in [0.4, 0.5) is 13.2 Å². The van der Waals surface area contributed by atoms with E-state index < -0.39 is 12.7 Å². The summed E-state index contributed by atoms with van der Waals surface area (Å²) in [4.78, 5) is 3.02. The van der Waals surface area contributed by atoms with Crippen molar-refractivity contribution in [1.82, 2.24) is 4.90 Å². The van der Waals surface area contributed by atoms with E-state index in [9.17, 15) is 13.2 Å². The molecule has 0 radical (unpaired) electrons. The van der Waals surface area contributed by atoms with Gasteiger partial charge in [0.2, 0.25) is 0 Å². The minimum Gasteiger partial charge on any atom is -0.395 e. The maximum atomic E-state index is 12.3. The maximum Gasteiger partial charge on any atom is 0.401 e. The van der Waals surface area contributed by atoms with Crippen LogP contribution in [0.1, 0.15) is 23.1 Å². The second-order valence-electron chi connectivity index (χ2n) is 3.96. The van der Waals surface area contributed by atoms with Gasteiger partial charge >= 0.3 is 6.18 Å². The molecule has 0 amide bonds. The third-order valence-electron chi connectivity index (χ3n) is 2.34. The Bertz CT molecular complexity index is 445. The van der Waals surface area contributed by atoms with Gasteiger partial charge in [-0.25, -0.2) is 0 Å². The van der Waals surface area contributed by atoms with Gasteiger partial charge in [-0.3, -0.25) is 4.90 Å². The van der Waals surface area contributed by atoms with Crippen LogP contribution in [0.15, 0.2) is 12.1 Å². The lowest BCUT2D eigenvalue weighted by Crippen LogP contribution is -2.33. The van der Waals surface area contributed by atoms with Crippen LogP contribution in [0.3, 0.4) is 0 Å². The summed E-state index contributed by atoms with van der Waals surface area (Å²) in [6.07, 6.45) is -3.76.